The highest BCUT2D eigenvalue weighted by molar-refractivity contribution is 7.90. The van der Waals surface area contributed by atoms with E-state index in [4.69, 9.17) is 5.11 Å². The van der Waals surface area contributed by atoms with Crippen LogP contribution in [0.4, 0.5) is 0 Å². The van der Waals surface area contributed by atoms with Gasteiger partial charge in [-0.3, -0.25) is 4.79 Å². The van der Waals surface area contributed by atoms with E-state index < -0.39 is 21.7 Å². The summed E-state index contributed by atoms with van der Waals surface area (Å²) in [5.74, 6) is -1.68. The summed E-state index contributed by atoms with van der Waals surface area (Å²) < 4.78 is 22.1. The van der Waals surface area contributed by atoms with Crippen molar-refractivity contribution >= 4 is 15.8 Å². The molecule has 100 valence electrons. The number of aliphatic carboxylic acids is 1. The Hall–Kier alpha value is -1.36. The van der Waals surface area contributed by atoms with E-state index in [1.807, 2.05) is 31.2 Å². The van der Waals surface area contributed by atoms with E-state index in [0.717, 1.165) is 17.4 Å². The van der Waals surface area contributed by atoms with Crippen LogP contribution in [0, 0.1) is 12.8 Å². The lowest BCUT2D eigenvalue weighted by Crippen LogP contribution is -2.20. The Morgan fingerprint density at radius 1 is 1.39 bits per heavy atom. The predicted octanol–water partition coefficient (Wildman–Crippen LogP) is 1.67. The molecule has 0 spiro atoms. The van der Waals surface area contributed by atoms with Crippen molar-refractivity contribution in [2.75, 3.05) is 12.0 Å². The lowest BCUT2D eigenvalue weighted by molar-refractivity contribution is -0.141. The molecule has 0 bridgehead atoms. The molecule has 1 unspecified atom stereocenters. The molecular formula is C13H18O4S. The normalized spacial score (nSPS) is 13.2. The number of hydrogen-bond donors (Lipinski definition) is 1. The van der Waals surface area contributed by atoms with Gasteiger partial charge in [0.25, 0.3) is 0 Å². The molecular weight excluding hydrogens is 252 g/mol. The zero-order chi connectivity index (χ0) is 13.8. The van der Waals surface area contributed by atoms with Crippen molar-refractivity contribution in [2.24, 2.45) is 5.92 Å². The van der Waals surface area contributed by atoms with Gasteiger partial charge in [-0.1, -0.05) is 29.8 Å². The number of aryl methyl sites for hydroxylation is 1. The number of benzene rings is 1. The molecule has 1 rings (SSSR count). The molecule has 0 saturated heterocycles. The van der Waals surface area contributed by atoms with E-state index in [0.29, 0.717) is 6.42 Å². The van der Waals surface area contributed by atoms with Gasteiger partial charge in [0.15, 0.2) is 0 Å². The van der Waals surface area contributed by atoms with Crippen LogP contribution < -0.4 is 0 Å². The van der Waals surface area contributed by atoms with Gasteiger partial charge in [0.05, 0.1) is 11.7 Å². The maximum atomic E-state index is 11.1. The SMILES string of the molecule is Cc1cccc(CC(CCS(C)(=O)=O)C(=O)O)c1. The molecule has 0 aliphatic rings. The summed E-state index contributed by atoms with van der Waals surface area (Å²) in [6.45, 7) is 1.94. The first-order chi connectivity index (χ1) is 8.28. The van der Waals surface area contributed by atoms with Crippen LogP contribution in [-0.2, 0) is 21.1 Å². The van der Waals surface area contributed by atoms with Crippen molar-refractivity contribution in [1.29, 1.82) is 0 Å². The molecule has 4 nitrogen and oxygen atoms in total. The van der Waals surface area contributed by atoms with Gasteiger partial charge in [-0.15, -0.1) is 0 Å². The molecule has 0 radical (unpaired) electrons. The highest BCUT2D eigenvalue weighted by Crippen LogP contribution is 2.15. The molecule has 1 atom stereocenters. The molecule has 1 aromatic rings. The quantitative estimate of drug-likeness (QED) is 0.853. The fraction of sp³-hybridized carbons (Fsp3) is 0.462. The topological polar surface area (TPSA) is 71.4 Å². The third-order valence-electron chi connectivity index (χ3n) is 2.75. The van der Waals surface area contributed by atoms with Gasteiger partial charge in [0, 0.05) is 6.26 Å². The summed E-state index contributed by atoms with van der Waals surface area (Å²) in [6.07, 6.45) is 1.65. The van der Waals surface area contributed by atoms with Crippen molar-refractivity contribution in [3.63, 3.8) is 0 Å². The van der Waals surface area contributed by atoms with Gasteiger partial charge < -0.3 is 5.11 Å². The zero-order valence-corrected chi connectivity index (χ0v) is 11.4. The first-order valence-corrected chi connectivity index (χ1v) is 7.80. The van der Waals surface area contributed by atoms with E-state index in [1.165, 1.54) is 0 Å². The fourth-order valence-corrected chi connectivity index (χ4v) is 2.51. The van der Waals surface area contributed by atoms with Gasteiger partial charge >= 0.3 is 5.97 Å². The van der Waals surface area contributed by atoms with Crippen molar-refractivity contribution in [3.05, 3.63) is 35.4 Å². The Morgan fingerprint density at radius 2 is 2.06 bits per heavy atom. The summed E-state index contributed by atoms with van der Waals surface area (Å²) in [5, 5.41) is 9.11. The third kappa shape index (κ3) is 5.31. The third-order valence-corrected chi connectivity index (χ3v) is 3.73. The molecule has 0 aromatic heterocycles. The number of hydrogen-bond acceptors (Lipinski definition) is 3. The average molecular weight is 270 g/mol. The maximum absolute atomic E-state index is 11.1. The summed E-state index contributed by atoms with van der Waals surface area (Å²) in [6, 6.07) is 7.61. The summed E-state index contributed by atoms with van der Waals surface area (Å²) in [7, 11) is -3.12. The minimum absolute atomic E-state index is 0.0875. The zero-order valence-electron chi connectivity index (χ0n) is 10.6. The number of carbonyl (C=O) groups is 1. The van der Waals surface area contributed by atoms with Crippen molar-refractivity contribution in [1.82, 2.24) is 0 Å². The predicted molar refractivity (Wildman–Crippen MR) is 70.3 cm³/mol. The standard InChI is InChI=1S/C13H18O4S/c1-10-4-3-5-11(8-10)9-12(13(14)15)6-7-18(2,16)17/h3-5,8,12H,6-7,9H2,1-2H3,(H,14,15). The summed E-state index contributed by atoms with van der Waals surface area (Å²) in [5.41, 5.74) is 2.00. The second-order valence-electron chi connectivity index (χ2n) is 4.65. The molecule has 5 heteroatoms. The number of carboxylic acid groups (broad SMARTS) is 1. The van der Waals surface area contributed by atoms with Crippen LogP contribution in [0.15, 0.2) is 24.3 Å². The van der Waals surface area contributed by atoms with E-state index in [-0.39, 0.29) is 12.2 Å². The van der Waals surface area contributed by atoms with Crippen LogP contribution >= 0.6 is 0 Å². The van der Waals surface area contributed by atoms with E-state index >= 15 is 0 Å². The lowest BCUT2D eigenvalue weighted by atomic mass is 9.96. The molecule has 0 aliphatic heterocycles. The van der Waals surface area contributed by atoms with Crippen LogP contribution in [0.25, 0.3) is 0 Å². The summed E-state index contributed by atoms with van der Waals surface area (Å²) >= 11 is 0. The molecule has 0 saturated carbocycles. The number of carboxylic acids is 1. The second kappa shape index (κ2) is 6.00. The Labute approximate surface area is 108 Å². The lowest BCUT2D eigenvalue weighted by Gasteiger charge is -2.12. The van der Waals surface area contributed by atoms with Crippen LogP contribution in [0.1, 0.15) is 17.5 Å². The largest absolute Gasteiger partial charge is 0.481 e. The first-order valence-electron chi connectivity index (χ1n) is 5.74. The fourth-order valence-electron chi connectivity index (χ4n) is 1.79. The number of rotatable bonds is 6. The monoisotopic (exact) mass is 270 g/mol. The van der Waals surface area contributed by atoms with Crippen molar-refractivity contribution < 1.29 is 18.3 Å². The highest BCUT2D eigenvalue weighted by atomic mass is 32.2. The van der Waals surface area contributed by atoms with E-state index in [9.17, 15) is 13.2 Å². The molecule has 1 N–H and O–H groups in total. The van der Waals surface area contributed by atoms with Crippen LogP contribution in [0.2, 0.25) is 0 Å². The van der Waals surface area contributed by atoms with Crippen LogP contribution in [0.5, 0.6) is 0 Å². The summed E-state index contributed by atoms with van der Waals surface area (Å²) in [4.78, 5) is 11.1. The van der Waals surface area contributed by atoms with E-state index in [2.05, 4.69) is 0 Å². The van der Waals surface area contributed by atoms with Gasteiger partial charge in [0.1, 0.15) is 9.84 Å². The Bertz CT molecular complexity index is 520. The van der Waals surface area contributed by atoms with Crippen LogP contribution in [0.3, 0.4) is 0 Å². The minimum atomic E-state index is -3.12. The molecule has 18 heavy (non-hydrogen) atoms. The molecule has 0 amide bonds. The highest BCUT2D eigenvalue weighted by Gasteiger charge is 2.20. The second-order valence-corrected chi connectivity index (χ2v) is 6.91. The molecule has 1 aromatic carbocycles. The minimum Gasteiger partial charge on any atom is -0.481 e. The molecule has 0 heterocycles. The molecule has 0 fully saturated rings. The molecule has 0 aliphatic carbocycles. The van der Waals surface area contributed by atoms with Gasteiger partial charge in [-0.05, 0) is 25.3 Å². The van der Waals surface area contributed by atoms with Gasteiger partial charge in [0.2, 0.25) is 0 Å². The number of sulfone groups is 1. The first kappa shape index (κ1) is 14.7. The Balaban J connectivity index is 2.72. The average Bonchev–Trinajstić information content (AvgIpc) is 2.22. The van der Waals surface area contributed by atoms with Gasteiger partial charge in [-0.2, -0.15) is 0 Å². The smallest absolute Gasteiger partial charge is 0.306 e. The van der Waals surface area contributed by atoms with E-state index in [1.54, 1.807) is 0 Å². The van der Waals surface area contributed by atoms with Gasteiger partial charge in [-0.25, -0.2) is 8.42 Å². The Kier molecular flexibility index (Phi) is 4.90. The Morgan fingerprint density at radius 3 is 2.56 bits per heavy atom. The van der Waals surface area contributed by atoms with Crippen molar-refractivity contribution in [3.8, 4) is 0 Å². The maximum Gasteiger partial charge on any atom is 0.306 e. The van der Waals surface area contributed by atoms with Crippen molar-refractivity contribution in [2.45, 2.75) is 19.8 Å². The van der Waals surface area contributed by atoms with Crippen LogP contribution in [-0.4, -0.2) is 31.5 Å².